The van der Waals surface area contributed by atoms with Crippen molar-refractivity contribution in [3.8, 4) is 66.8 Å². The molecule has 506 valence electrons. The van der Waals surface area contributed by atoms with Gasteiger partial charge in [-0.1, -0.05) is 260 Å². The second kappa shape index (κ2) is 23.9. The Hall–Kier alpha value is -11.9. The summed E-state index contributed by atoms with van der Waals surface area (Å²) in [6, 6.07) is 102. The van der Waals surface area contributed by atoms with Crippen LogP contribution in [0.4, 0.5) is 42.9 Å². The lowest BCUT2D eigenvalue weighted by Crippen LogP contribution is -2.62. The van der Waals surface area contributed by atoms with E-state index in [1.807, 2.05) is 72.8 Å². The van der Waals surface area contributed by atoms with Gasteiger partial charge in [-0.15, -0.1) is 0 Å². The maximum Gasteiger partial charge on any atom is 0.159 e. The van der Waals surface area contributed by atoms with Gasteiger partial charge in [-0.2, -0.15) is 0 Å². The Morgan fingerprint density at radius 1 is 0.288 bits per heavy atom. The van der Waals surface area contributed by atoms with Crippen molar-refractivity contribution in [3.05, 3.63) is 347 Å². The number of hydrogen-bond donors (Lipinski definition) is 0. The molecule has 0 aliphatic heterocycles. The lowest BCUT2D eigenvalue weighted by Gasteiger charge is -2.62. The largest absolute Gasteiger partial charge is 0.454 e. The Morgan fingerprint density at radius 2 is 0.635 bits per heavy atom. The van der Waals surface area contributed by atoms with Gasteiger partial charge in [0.15, 0.2) is 11.2 Å². The van der Waals surface area contributed by atoms with Crippen LogP contribution in [0.3, 0.4) is 0 Å². The Labute approximate surface area is 606 Å². The summed E-state index contributed by atoms with van der Waals surface area (Å²) in [5.74, 6) is -0.762. The predicted molar refractivity (Wildman–Crippen MR) is 429 cm³/mol. The standard InChI is InChI=1S/C98H78F2N2O2/c1-59-29-25-39-69(61(59)3)79-53-65(63-31-13-11-14-32-63)55-85(99)91(79)101(87-45-27-41-77-75-37-19-23-47-89(75)103-93(77)87)67-49-51-73-71-35-17-21-43-81(71)97(83(73)57-67,95(5,6)7)98(96(8,9)10)82-44-22-18-36-72(82)74-52-50-68(58-84(74)98)102(88-46-28-42-78-76-38-20-24-48-90(76)104-94(78)88)92-80(70-40-26-30-60(2)62(70)4)54-66(56-86(92)100)64-33-15-12-16-34-64/h11-58H,1-10H3. The van der Waals surface area contributed by atoms with Crippen molar-refractivity contribution in [1.82, 2.24) is 0 Å². The number of anilines is 6. The molecule has 4 nitrogen and oxygen atoms in total. The monoisotopic (exact) mass is 1350 g/mol. The van der Waals surface area contributed by atoms with Gasteiger partial charge >= 0.3 is 0 Å². The first-order valence-corrected chi connectivity index (χ1v) is 36.2. The summed E-state index contributed by atoms with van der Waals surface area (Å²) in [6.07, 6.45) is 0. The van der Waals surface area contributed by atoms with E-state index in [0.717, 1.165) is 144 Å². The van der Waals surface area contributed by atoms with Gasteiger partial charge in [-0.3, -0.25) is 0 Å². The van der Waals surface area contributed by atoms with Crippen molar-refractivity contribution in [1.29, 1.82) is 0 Å². The van der Waals surface area contributed by atoms with E-state index in [9.17, 15) is 0 Å². The van der Waals surface area contributed by atoms with Gasteiger partial charge in [0.25, 0.3) is 0 Å². The Morgan fingerprint density at radius 3 is 1.05 bits per heavy atom. The fraction of sp³-hybridized carbons (Fsp3) is 0.143. The summed E-state index contributed by atoms with van der Waals surface area (Å²) in [4.78, 5) is 4.31. The molecule has 2 aliphatic rings. The molecule has 0 radical (unpaired) electrons. The SMILES string of the molecule is Cc1cccc(-c2cc(-c3ccccc3)cc(F)c2N(c2ccc3c(c2)C(C(C)(C)C)(C2(C(C)(C)C)c4ccccc4-c4ccc(N(c5c(F)cc(-c6ccccc6)cc5-c5cccc(C)c5C)c5cccc6c5oc5ccccc56)cc42)c2ccccc2-3)c2cccc3c2oc2ccccc23)c1C. The minimum atomic E-state index is -0.959. The number of para-hydroxylation sites is 4. The van der Waals surface area contributed by atoms with Crippen molar-refractivity contribution in [3.63, 3.8) is 0 Å². The zero-order valence-corrected chi connectivity index (χ0v) is 60.2. The maximum absolute atomic E-state index is 19.2. The molecule has 0 fully saturated rings. The third kappa shape index (κ3) is 9.33. The van der Waals surface area contributed by atoms with Crippen LogP contribution >= 0.6 is 0 Å². The van der Waals surface area contributed by atoms with Crippen LogP contribution in [-0.2, 0) is 10.8 Å². The zero-order valence-electron chi connectivity index (χ0n) is 60.2. The minimum Gasteiger partial charge on any atom is -0.454 e. The van der Waals surface area contributed by atoms with Crippen molar-refractivity contribution in [2.24, 2.45) is 10.8 Å². The van der Waals surface area contributed by atoms with Crippen LogP contribution in [0.2, 0.25) is 0 Å². The third-order valence-corrected chi connectivity index (χ3v) is 23.2. The number of benzene rings is 14. The summed E-state index contributed by atoms with van der Waals surface area (Å²) in [5, 5.41) is 3.80. The highest BCUT2D eigenvalue weighted by Crippen LogP contribution is 2.75. The highest BCUT2D eigenvalue weighted by molar-refractivity contribution is 6.13. The van der Waals surface area contributed by atoms with E-state index in [1.54, 1.807) is 12.1 Å². The molecule has 16 aromatic rings. The fourth-order valence-electron chi connectivity index (χ4n) is 18.7. The van der Waals surface area contributed by atoms with Crippen LogP contribution in [0.5, 0.6) is 0 Å². The molecule has 2 unspecified atom stereocenters. The average Bonchev–Trinajstić information content (AvgIpc) is 1.45. The van der Waals surface area contributed by atoms with Crippen molar-refractivity contribution in [2.75, 3.05) is 9.80 Å². The van der Waals surface area contributed by atoms with Gasteiger partial charge in [0.1, 0.15) is 22.8 Å². The second-order valence-corrected chi connectivity index (χ2v) is 30.7. The molecule has 14 aromatic carbocycles. The molecule has 104 heavy (non-hydrogen) atoms. The highest BCUT2D eigenvalue weighted by Gasteiger charge is 2.70. The topological polar surface area (TPSA) is 32.8 Å². The normalized spacial score (nSPS) is 15.4. The molecule has 0 saturated heterocycles. The first-order valence-electron chi connectivity index (χ1n) is 36.2. The number of aryl methyl sites for hydroxylation is 2. The number of furan rings is 2. The first kappa shape index (κ1) is 64.3. The predicted octanol–water partition coefficient (Wildman–Crippen LogP) is 27.9. The molecule has 0 spiro atoms. The Kier molecular flexibility index (Phi) is 14.7. The number of rotatable bonds is 11. The summed E-state index contributed by atoms with van der Waals surface area (Å²) in [7, 11) is 0. The lowest BCUT2D eigenvalue weighted by molar-refractivity contribution is 0.0594. The van der Waals surface area contributed by atoms with E-state index >= 15 is 8.78 Å². The van der Waals surface area contributed by atoms with Gasteiger partial charge in [0, 0.05) is 54.9 Å². The molecule has 0 saturated carbocycles. The highest BCUT2D eigenvalue weighted by atomic mass is 19.1. The Balaban J connectivity index is 0.959. The van der Waals surface area contributed by atoms with Gasteiger partial charge in [-0.05, 0) is 211 Å². The van der Waals surface area contributed by atoms with E-state index < -0.39 is 21.7 Å². The van der Waals surface area contributed by atoms with Crippen molar-refractivity contribution in [2.45, 2.75) is 80.1 Å². The van der Waals surface area contributed by atoms with Crippen molar-refractivity contribution < 1.29 is 17.6 Å². The summed E-state index contributed by atoms with van der Waals surface area (Å²) in [6.45, 7) is 23.1. The molecule has 2 heterocycles. The summed E-state index contributed by atoms with van der Waals surface area (Å²) >= 11 is 0. The van der Waals surface area contributed by atoms with E-state index in [1.165, 1.54) is 11.1 Å². The van der Waals surface area contributed by atoms with Crippen LogP contribution < -0.4 is 9.80 Å². The van der Waals surface area contributed by atoms with E-state index in [-0.39, 0.29) is 11.6 Å². The zero-order chi connectivity index (χ0) is 71.3. The summed E-state index contributed by atoms with van der Waals surface area (Å²) < 4.78 is 52.7. The molecular weight excluding hydrogens is 1280 g/mol. The minimum absolute atomic E-state index is 0.381. The number of hydrogen-bond acceptors (Lipinski definition) is 4. The van der Waals surface area contributed by atoms with Crippen molar-refractivity contribution >= 4 is 78.0 Å². The van der Waals surface area contributed by atoms with E-state index in [2.05, 4.69) is 285 Å². The molecule has 0 N–H and O–H groups in total. The van der Waals surface area contributed by atoms with Crippen LogP contribution in [0, 0.1) is 50.2 Å². The Bertz CT molecular complexity index is 5810. The van der Waals surface area contributed by atoms with Crippen LogP contribution in [0.1, 0.15) is 86.1 Å². The quantitative estimate of drug-likeness (QED) is 0.129. The van der Waals surface area contributed by atoms with E-state index in [0.29, 0.717) is 33.9 Å². The third-order valence-electron chi connectivity index (χ3n) is 23.2. The van der Waals surface area contributed by atoms with Crippen LogP contribution in [0.25, 0.3) is 111 Å². The molecule has 0 bridgehead atoms. The first-order chi connectivity index (χ1) is 50.4. The van der Waals surface area contributed by atoms with Gasteiger partial charge in [-0.25, -0.2) is 8.78 Å². The molecule has 2 atom stereocenters. The van der Waals surface area contributed by atoms with E-state index in [4.69, 9.17) is 8.83 Å². The van der Waals surface area contributed by atoms with Gasteiger partial charge in [0.2, 0.25) is 0 Å². The molecule has 18 rings (SSSR count). The van der Waals surface area contributed by atoms with Crippen LogP contribution in [-0.4, -0.2) is 0 Å². The molecule has 2 aliphatic carbocycles. The molecule has 2 aromatic heterocycles. The lowest BCUT2D eigenvalue weighted by atomic mass is 9.39. The smallest absolute Gasteiger partial charge is 0.159 e. The molecular formula is C98H78F2N2O2. The second-order valence-electron chi connectivity index (χ2n) is 30.7. The number of fused-ring (bicyclic) bond motifs is 12. The van der Waals surface area contributed by atoms with Gasteiger partial charge < -0.3 is 18.6 Å². The van der Waals surface area contributed by atoms with Gasteiger partial charge in [0.05, 0.1) is 22.7 Å². The fourth-order valence-corrected chi connectivity index (χ4v) is 18.7. The molecule has 6 heteroatoms. The van der Waals surface area contributed by atoms with Crippen LogP contribution in [0.15, 0.2) is 300 Å². The average molecular weight is 1350 g/mol. The number of nitrogens with zero attached hydrogens (tertiary/aromatic N) is 2. The summed E-state index contributed by atoms with van der Waals surface area (Å²) in [5.41, 5.74) is 23.4. The maximum atomic E-state index is 19.2. The molecule has 0 amide bonds. The number of halogens is 2.